The van der Waals surface area contributed by atoms with Gasteiger partial charge in [-0.25, -0.2) is 0 Å². The largest absolute Gasteiger partial charge is 0.386 e. The van der Waals surface area contributed by atoms with Gasteiger partial charge in [-0.2, -0.15) is 5.26 Å². The van der Waals surface area contributed by atoms with Gasteiger partial charge in [-0.05, 0) is 28.1 Å². The Bertz CT molecular complexity index is 291. The maximum atomic E-state index is 9.31. The van der Waals surface area contributed by atoms with Gasteiger partial charge in [0.1, 0.15) is 6.10 Å². The normalized spacial score (nSPS) is 12.1. The van der Waals surface area contributed by atoms with E-state index in [0.717, 1.165) is 4.47 Å². The third kappa shape index (κ3) is 2.29. The highest BCUT2D eigenvalue weighted by Crippen LogP contribution is 2.15. The molecule has 1 atom stereocenters. The standard InChI is InChI=1S/C8H7BrN2O/c9-6-1-2-7(11-5-6)8(12)3-4-10/h1-2,5,8,12H,3H2. The van der Waals surface area contributed by atoms with E-state index in [1.165, 1.54) is 0 Å². The molecule has 12 heavy (non-hydrogen) atoms. The summed E-state index contributed by atoms with van der Waals surface area (Å²) in [7, 11) is 0. The molecule has 0 bridgehead atoms. The minimum absolute atomic E-state index is 0.0780. The van der Waals surface area contributed by atoms with Crippen molar-refractivity contribution in [2.75, 3.05) is 0 Å². The lowest BCUT2D eigenvalue weighted by atomic mass is 10.2. The van der Waals surface area contributed by atoms with E-state index in [0.29, 0.717) is 5.69 Å². The van der Waals surface area contributed by atoms with Crippen LogP contribution in [0.25, 0.3) is 0 Å². The Morgan fingerprint density at radius 1 is 1.67 bits per heavy atom. The molecule has 0 aliphatic rings. The average molecular weight is 227 g/mol. The van der Waals surface area contributed by atoms with Crippen molar-refractivity contribution in [1.29, 1.82) is 5.26 Å². The van der Waals surface area contributed by atoms with E-state index in [2.05, 4.69) is 20.9 Å². The molecule has 0 spiro atoms. The highest BCUT2D eigenvalue weighted by atomic mass is 79.9. The minimum Gasteiger partial charge on any atom is -0.386 e. The molecule has 0 fully saturated rings. The first kappa shape index (κ1) is 9.17. The number of rotatable bonds is 2. The molecule has 4 heteroatoms. The molecule has 1 rings (SSSR count). The molecule has 1 aromatic heterocycles. The van der Waals surface area contributed by atoms with Crippen LogP contribution in [0.15, 0.2) is 22.8 Å². The fourth-order valence-electron chi connectivity index (χ4n) is 0.775. The van der Waals surface area contributed by atoms with Gasteiger partial charge in [0.05, 0.1) is 18.2 Å². The van der Waals surface area contributed by atoms with Gasteiger partial charge in [0.2, 0.25) is 0 Å². The van der Waals surface area contributed by atoms with Crippen molar-refractivity contribution in [3.05, 3.63) is 28.5 Å². The lowest BCUT2D eigenvalue weighted by molar-refractivity contribution is 0.178. The van der Waals surface area contributed by atoms with E-state index < -0.39 is 6.10 Å². The smallest absolute Gasteiger partial charge is 0.109 e. The predicted octanol–water partition coefficient (Wildman–Crippen LogP) is 1.79. The van der Waals surface area contributed by atoms with Crippen LogP contribution in [0.3, 0.4) is 0 Å². The van der Waals surface area contributed by atoms with Crippen LogP contribution >= 0.6 is 15.9 Å². The number of aromatic nitrogens is 1. The van der Waals surface area contributed by atoms with E-state index in [1.807, 2.05) is 6.07 Å². The van der Waals surface area contributed by atoms with Crippen molar-refractivity contribution in [1.82, 2.24) is 4.98 Å². The summed E-state index contributed by atoms with van der Waals surface area (Å²) in [5.41, 5.74) is 0.528. The second-order valence-corrected chi connectivity index (χ2v) is 3.19. The Kier molecular flexibility index (Phi) is 3.20. The van der Waals surface area contributed by atoms with E-state index in [9.17, 15) is 5.11 Å². The predicted molar refractivity (Wildman–Crippen MR) is 47.1 cm³/mol. The van der Waals surface area contributed by atoms with Crippen LogP contribution < -0.4 is 0 Å². The van der Waals surface area contributed by atoms with Crippen LogP contribution in [-0.4, -0.2) is 10.1 Å². The maximum absolute atomic E-state index is 9.31. The zero-order chi connectivity index (χ0) is 8.97. The number of aliphatic hydroxyl groups excluding tert-OH is 1. The van der Waals surface area contributed by atoms with E-state index in [-0.39, 0.29) is 6.42 Å². The van der Waals surface area contributed by atoms with E-state index in [1.54, 1.807) is 18.3 Å². The molecule has 0 saturated heterocycles. The van der Waals surface area contributed by atoms with Crippen LogP contribution in [0.1, 0.15) is 18.2 Å². The summed E-state index contributed by atoms with van der Waals surface area (Å²) in [5, 5.41) is 17.6. The van der Waals surface area contributed by atoms with Gasteiger partial charge >= 0.3 is 0 Å². The highest BCUT2D eigenvalue weighted by molar-refractivity contribution is 9.10. The summed E-state index contributed by atoms with van der Waals surface area (Å²) in [4.78, 5) is 3.95. The maximum Gasteiger partial charge on any atom is 0.109 e. The number of nitriles is 1. The Morgan fingerprint density at radius 3 is 2.92 bits per heavy atom. The molecule has 3 nitrogen and oxygen atoms in total. The van der Waals surface area contributed by atoms with Gasteiger partial charge in [0, 0.05) is 10.7 Å². The third-order valence-corrected chi connectivity index (χ3v) is 1.85. The van der Waals surface area contributed by atoms with Crippen molar-refractivity contribution < 1.29 is 5.11 Å². The molecule has 1 N–H and O–H groups in total. The summed E-state index contributed by atoms with van der Waals surface area (Å²) < 4.78 is 0.857. The summed E-state index contributed by atoms with van der Waals surface area (Å²) in [6.07, 6.45) is 0.896. The molecule has 1 heterocycles. The van der Waals surface area contributed by atoms with Gasteiger partial charge in [0.25, 0.3) is 0 Å². The fourth-order valence-corrected chi connectivity index (χ4v) is 1.01. The zero-order valence-corrected chi connectivity index (χ0v) is 7.82. The van der Waals surface area contributed by atoms with Gasteiger partial charge < -0.3 is 5.11 Å². The Morgan fingerprint density at radius 2 is 2.42 bits per heavy atom. The summed E-state index contributed by atoms with van der Waals surface area (Å²) in [6, 6.07) is 5.35. The number of nitrogens with zero attached hydrogens (tertiary/aromatic N) is 2. The molecule has 62 valence electrons. The van der Waals surface area contributed by atoms with Gasteiger partial charge in [-0.15, -0.1) is 0 Å². The molecule has 0 aromatic carbocycles. The Labute approximate surface area is 78.8 Å². The van der Waals surface area contributed by atoms with Gasteiger partial charge in [0.15, 0.2) is 0 Å². The lowest BCUT2D eigenvalue weighted by Gasteiger charge is -2.04. The monoisotopic (exact) mass is 226 g/mol. The number of hydrogen-bond acceptors (Lipinski definition) is 3. The molecule has 0 aliphatic heterocycles. The molecule has 0 radical (unpaired) electrons. The van der Waals surface area contributed by atoms with Crippen LogP contribution in [0, 0.1) is 11.3 Å². The van der Waals surface area contributed by atoms with E-state index >= 15 is 0 Å². The highest BCUT2D eigenvalue weighted by Gasteiger charge is 2.06. The molecule has 1 aromatic rings. The first-order valence-corrected chi connectivity index (χ1v) is 4.20. The SMILES string of the molecule is N#CCC(O)c1ccc(Br)cn1. The minimum atomic E-state index is -0.775. The second-order valence-electron chi connectivity index (χ2n) is 2.28. The van der Waals surface area contributed by atoms with Crippen LogP contribution in [0.5, 0.6) is 0 Å². The third-order valence-electron chi connectivity index (χ3n) is 1.38. The lowest BCUT2D eigenvalue weighted by Crippen LogP contribution is -1.98. The molecule has 0 saturated carbocycles. The average Bonchev–Trinajstić information content (AvgIpc) is 2.06. The van der Waals surface area contributed by atoms with Crippen molar-refractivity contribution in [3.8, 4) is 6.07 Å². The van der Waals surface area contributed by atoms with Crippen LogP contribution in [0.4, 0.5) is 0 Å². The topological polar surface area (TPSA) is 56.9 Å². The molecule has 1 unspecified atom stereocenters. The molecule has 0 amide bonds. The van der Waals surface area contributed by atoms with Gasteiger partial charge in [-0.1, -0.05) is 0 Å². The zero-order valence-electron chi connectivity index (χ0n) is 6.24. The first-order chi connectivity index (χ1) is 5.74. The number of halogens is 1. The number of pyridine rings is 1. The molecular weight excluding hydrogens is 220 g/mol. The molecule has 0 aliphatic carbocycles. The van der Waals surface area contributed by atoms with Crippen molar-refractivity contribution in [2.24, 2.45) is 0 Å². The van der Waals surface area contributed by atoms with Crippen LogP contribution in [-0.2, 0) is 0 Å². The number of aliphatic hydroxyl groups is 1. The summed E-state index contributed by atoms with van der Waals surface area (Å²) in [5.74, 6) is 0. The number of hydrogen-bond donors (Lipinski definition) is 1. The quantitative estimate of drug-likeness (QED) is 0.837. The molecular formula is C8H7BrN2O. The Hall–Kier alpha value is -0.920. The summed E-state index contributed by atoms with van der Waals surface area (Å²) in [6.45, 7) is 0. The van der Waals surface area contributed by atoms with Gasteiger partial charge in [-0.3, -0.25) is 4.98 Å². The fraction of sp³-hybridized carbons (Fsp3) is 0.250. The van der Waals surface area contributed by atoms with Crippen molar-refractivity contribution in [3.63, 3.8) is 0 Å². The van der Waals surface area contributed by atoms with Crippen molar-refractivity contribution in [2.45, 2.75) is 12.5 Å². The Balaban J connectivity index is 2.76. The van der Waals surface area contributed by atoms with Crippen LogP contribution in [0.2, 0.25) is 0 Å². The van der Waals surface area contributed by atoms with E-state index in [4.69, 9.17) is 5.26 Å². The second kappa shape index (κ2) is 4.19. The first-order valence-electron chi connectivity index (χ1n) is 3.40. The van der Waals surface area contributed by atoms with Crippen molar-refractivity contribution >= 4 is 15.9 Å². The summed E-state index contributed by atoms with van der Waals surface area (Å²) >= 11 is 3.22.